The summed E-state index contributed by atoms with van der Waals surface area (Å²) in [5.74, 6) is -0.835. The predicted octanol–water partition coefficient (Wildman–Crippen LogP) is 3.58. The van der Waals surface area contributed by atoms with Crippen molar-refractivity contribution in [1.82, 2.24) is 4.98 Å². The van der Waals surface area contributed by atoms with Crippen LogP contribution in [0.5, 0.6) is 0 Å². The summed E-state index contributed by atoms with van der Waals surface area (Å²) in [6, 6.07) is 4.75. The van der Waals surface area contributed by atoms with Gasteiger partial charge in [-0.15, -0.1) is 0 Å². The molecule has 0 unspecified atom stereocenters. The second-order valence-electron chi connectivity index (χ2n) is 7.82. The van der Waals surface area contributed by atoms with Gasteiger partial charge >= 0.3 is 0 Å². The third-order valence-electron chi connectivity index (χ3n) is 4.42. The number of nitrogens with one attached hydrogen (secondary N) is 1. The fourth-order valence-corrected chi connectivity index (χ4v) is 4.56. The molecule has 7 nitrogen and oxygen atoms in total. The molecule has 28 heavy (non-hydrogen) atoms. The van der Waals surface area contributed by atoms with Crippen molar-refractivity contribution in [3.63, 3.8) is 0 Å². The number of thioether (sulfide) groups is 1. The number of nitrogens with two attached hydrogens (primary N) is 1. The first kappa shape index (κ1) is 20.2. The molecule has 3 N–H and O–H groups in total. The highest BCUT2D eigenvalue weighted by Gasteiger charge is 2.40. The lowest BCUT2D eigenvalue weighted by Crippen LogP contribution is -2.38. The molecular weight excluding hydrogens is 381 g/mol. The van der Waals surface area contributed by atoms with E-state index in [0.717, 1.165) is 0 Å². The van der Waals surface area contributed by atoms with E-state index >= 15 is 0 Å². The maximum absolute atomic E-state index is 14.7. The smallest absolute Gasteiger partial charge is 0.297 e. The largest absolute Gasteiger partial charge is 0.431 e. The van der Waals surface area contributed by atoms with Crippen molar-refractivity contribution in [2.24, 2.45) is 10.7 Å². The van der Waals surface area contributed by atoms with Crippen molar-refractivity contribution in [2.75, 3.05) is 24.3 Å². The highest BCUT2D eigenvalue weighted by Crippen LogP contribution is 2.45. The molecule has 1 amide bonds. The minimum Gasteiger partial charge on any atom is -0.431 e. The second kappa shape index (κ2) is 7.12. The number of aliphatic imine (C=N–C) groups is 1. The van der Waals surface area contributed by atoms with E-state index < -0.39 is 17.3 Å². The maximum Gasteiger partial charge on any atom is 0.297 e. The van der Waals surface area contributed by atoms with Gasteiger partial charge in [0.2, 0.25) is 0 Å². The lowest BCUT2D eigenvalue weighted by atomic mass is 9.83. The first-order chi connectivity index (χ1) is 13.0. The van der Waals surface area contributed by atoms with E-state index in [0.29, 0.717) is 28.9 Å². The molecule has 0 saturated heterocycles. The average Bonchev–Trinajstić information content (AvgIpc) is 3.04. The number of anilines is 2. The van der Waals surface area contributed by atoms with Gasteiger partial charge in [0.15, 0.2) is 10.9 Å². The van der Waals surface area contributed by atoms with Gasteiger partial charge in [0.1, 0.15) is 12.1 Å². The third kappa shape index (κ3) is 4.14. The monoisotopic (exact) mass is 405 g/mol. The number of benzene rings is 1. The Morgan fingerprint density at radius 1 is 1.36 bits per heavy atom. The summed E-state index contributed by atoms with van der Waals surface area (Å²) in [6.45, 7) is 5.95. The number of oxazole rings is 1. The van der Waals surface area contributed by atoms with Gasteiger partial charge in [-0.05, 0) is 31.5 Å². The summed E-state index contributed by atoms with van der Waals surface area (Å²) < 4.78 is 19.7. The van der Waals surface area contributed by atoms with Crippen LogP contribution in [0.25, 0.3) is 0 Å². The van der Waals surface area contributed by atoms with E-state index in [2.05, 4.69) is 15.3 Å². The van der Waals surface area contributed by atoms with E-state index in [9.17, 15) is 9.18 Å². The molecule has 150 valence electrons. The van der Waals surface area contributed by atoms with Crippen molar-refractivity contribution in [1.29, 1.82) is 0 Å². The van der Waals surface area contributed by atoms with Crippen molar-refractivity contribution in [2.45, 2.75) is 37.5 Å². The molecule has 0 fully saturated rings. The molecular formula is C19H24FN5O2S. The molecule has 0 saturated carbocycles. The van der Waals surface area contributed by atoms with Gasteiger partial charge in [-0.3, -0.25) is 9.79 Å². The van der Waals surface area contributed by atoms with Crippen LogP contribution in [0.4, 0.5) is 16.1 Å². The van der Waals surface area contributed by atoms with Crippen LogP contribution in [0.15, 0.2) is 33.9 Å². The number of halogens is 1. The van der Waals surface area contributed by atoms with Gasteiger partial charge in [-0.1, -0.05) is 25.6 Å². The van der Waals surface area contributed by atoms with E-state index in [1.807, 2.05) is 20.8 Å². The Kier molecular flexibility index (Phi) is 5.14. The summed E-state index contributed by atoms with van der Waals surface area (Å²) in [7, 11) is 3.52. The Morgan fingerprint density at radius 2 is 2.07 bits per heavy atom. The molecule has 3 rings (SSSR count). The first-order valence-electron chi connectivity index (χ1n) is 8.78. The summed E-state index contributed by atoms with van der Waals surface area (Å²) in [5.41, 5.74) is 6.14. The molecule has 9 heteroatoms. The Morgan fingerprint density at radius 3 is 2.68 bits per heavy atom. The predicted molar refractivity (Wildman–Crippen MR) is 110 cm³/mol. The van der Waals surface area contributed by atoms with E-state index in [1.165, 1.54) is 30.2 Å². The molecule has 0 aliphatic carbocycles. The van der Waals surface area contributed by atoms with Crippen LogP contribution in [0, 0.1) is 5.82 Å². The van der Waals surface area contributed by atoms with Gasteiger partial charge in [0.05, 0.1) is 5.54 Å². The standard InChI is InChI=1S/C19H24FN5O2S/c1-18(2)10-19(3,24-16(21)28-18)12-8-11(6-7-13(12)20)22-15(26)14-9-27-17(23-14)25(4)5/h6-9H,10H2,1-5H3,(H2,21,24)(H,22,26)/t19-/m0/s1. The van der Waals surface area contributed by atoms with E-state index in [-0.39, 0.29) is 10.4 Å². The van der Waals surface area contributed by atoms with Crippen LogP contribution in [-0.2, 0) is 5.54 Å². The topological polar surface area (TPSA) is 96.8 Å². The Balaban J connectivity index is 1.89. The number of amides is 1. The van der Waals surface area contributed by atoms with Gasteiger partial charge in [-0.25, -0.2) is 4.39 Å². The molecule has 0 bridgehead atoms. The van der Waals surface area contributed by atoms with Crippen LogP contribution in [0.2, 0.25) is 0 Å². The Hall–Kier alpha value is -2.55. The lowest BCUT2D eigenvalue weighted by Gasteiger charge is -2.39. The summed E-state index contributed by atoms with van der Waals surface area (Å²) in [4.78, 5) is 22.7. The number of carbonyl (C=O) groups excluding carboxylic acids is 1. The molecule has 1 aromatic heterocycles. The molecule has 1 aliphatic rings. The van der Waals surface area contributed by atoms with Crippen LogP contribution in [-0.4, -0.2) is 34.9 Å². The molecule has 2 aromatic rings. The highest BCUT2D eigenvalue weighted by atomic mass is 32.2. The normalized spacial score (nSPS) is 21.1. The Labute approximate surface area is 167 Å². The van der Waals surface area contributed by atoms with Crippen LogP contribution < -0.4 is 16.0 Å². The number of amidine groups is 1. The number of nitrogens with zero attached hydrogens (tertiary/aromatic N) is 3. The highest BCUT2D eigenvalue weighted by molar-refractivity contribution is 8.15. The van der Waals surface area contributed by atoms with Gasteiger partial charge < -0.3 is 20.4 Å². The molecule has 2 heterocycles. The van der Waals surface area contributed by atoms with Gasteiger partial charge in [0.25, 0.3) is 11.9 Å². The van der Waals surface area contributed by atoms with Crippen molar-refractivity contribution < 1.29 is 13.6 Å². The summed E-state index contributed by atoms with van der Waals surface area (Å²) >= 11 is 1.48. The van der Waals surface area contributed by atoms with Crippen molar-refractivity contribution >= 4 is 34.5 Å². The van der Waals surface area contributed by atoms with Crippen molar-refractivity contribution in [3.8, 4) is 0 Å². The summed E-state index contributed by atoms with van der Waals surface area (Å²) in [6.07, 6.45) is 1.89. The second-order valence-corrected chi connectivity index (χ2v) is 9.55. The summed E-state index contributed by atoms with van der Waals surface area (Å²) in [5, 5.41) is 3.16. The maximum atomic E-state index is 14.7. The minimum atomic E-state index is -0.824. The molecule has 0 radical (unpaired) electrons. The van der Waals surface area contributed by atoms with E-state index in [1.54, 1.807) is 25.1 Å². The number of carbonyl (C=O) groups is 1. The average molecular weight is 405 g/mol. The van der Waals surface area contributed by atoms with Crippen LogP contribution >= 0.6 is 11.8 Å². The first-order valence-corrected chi connectivity index (χ1v) is 9.59. The molecule has 1 atom stereocenters. The van der Waals surface area contributed by atoms with Gasteiger partial charge in [0, 0.05) is 30.1 Å². The van der Waals surface area contributed by atoms with Crippen LogP contribution in [0.1, 0.15) is 43.2 Å². The van der Waals surface area contributed by atoms with Gasteiger partial charge in [-0.2, -0.15) is 4.98 Å². The molecule has 1 aromatic carbocycles. The SMILES string of the molecule is CN(C)c1nc(C(=O)Nc2ccc(F)c([C@]3(C)CC(C)(C)SC(N)=N3)c2)co1. The number of hydrogen-bond donors (Lipinski definition) is 2. The fraction of sp³-hybridized carbons (Fsp3) is 0.421. The zero-order valence-electron chi connectivity index (χ0n) is 16.5. The fourth-order valence-electron chi connectivity index (χ4n) is 3.39. The van der Waals surface area contributed by atoms with Crippen LogP contribution in [0.3, 0.4) is 0 Å². The molecule has 1 aliphatic heterocycles. The zero-order chi connectivity index (χ0) is 20.7. The van der Waals surface area contributed by atoms with Crippen molar-refractivity contribution in [3.05, 3.63) is 41.5 Å². The third-order valence-corrected chi connectivity index (χ3v) is 5.42. The zero-order valence-corrected chi connectivity index (χ0v) is 17.4. The minimum absolute atomic E-state index is 0.137. The molecule has 0 spiro atoms. The number of aromatic nitrogens is 1. The quantitative estimate of drug-likeness (QED) is 0.807. The lowest BCUT2D eigenvalue weighted by molar-refractivity contribution is 0.102. The number of hydrogen-bond acceptors (Lipinski definition) is 7. The van der Waals surface area contributed by atoms with E-state index in [4.69, 9.17) is 10.2 Å². The number of rotatable bonds is 4. The Bertz CT molecular complexity index is 940.